The molecule has 0 radical (unpaired) electrons. The van der Waals surface area contributed by atoms with Crippen LogP contribution >= 0.6 is 0 Å². The van der Waals surface area contributed by atoms with Crippen LogP contribution in [0.25, 0.3) is 0 Å². The van der Waals surface area contributed by atoms with Crippen LogP contribution in [0.3, 0.4) is 0 Å². The lowest BCUT2D eigenvalue weighted by molar-refractivity contribution is -0.123. The number of hydrogen-bond donors (Lipinski definition) is 2. The van der Waals surface area contributed by atoms with E-state index < -0.39 is 11.8 Å². The summed E-state index contributed by atoms with van der Waals surface area (Å²) in [5.41, 5.74) is 7.25. The molecular formula is C16H17N3O3. The number of hydrogen-bond acceptors (Lipinski definition) is 4. The van der Waals surface area contributed by atoms with Gasteiger partial charge in [0.1, 0.15) is 5.75 Å². The molecule has 0 saturated heterocycles. The largest absolute Gasteiger partial charge is 0.484 e. The van der Waals surface area contributed by atoms with Gasteiger partial charge in [-0.15, -0.1) is 0 Å². The summed E-state index contributed by atoms with van der Waals surface area (Å²) in [6, 6.07) is 8.68. The van der Waals surface area contributed by atoms with Crippen LogP contribution in [0.15, 0.2) is 42.7 Å². The first-order chi connectivity index (χ1) is 10.6. The normalized spacial score (nSPS) is 9.91. The summed E-state index contributed by atoms with van der Waals surface area (Å²) in [6.45, 7) is 3.79. The predicted molar refractivity (Wildman–Crippen MR) is 81.3 cm³/mol. The topological polar surface area (TPSA) is 80.3 Å². The van der Waals surface area contributed by atoms with Gasteiger partial charge in [-0.3, -0.25) is 25.4 Å². The molecule has 0 bridgehead atoms. The minimum absolute atomic E-state index is 0.181. The molecule has 6 heteroatoms. The summed E-state index contributed by atoms with van der Waals surface area (Å²) >= 11 is 0. The van der Waals surface area contributed by atoms with Gasteiger partial charge in [-0.25, -0.2) is 0 Å². The van der Waals surface area contributed by atoms with Gasteiger partial charge in [0.15, 0.2) is 6.61 Å². The smallest absolute Gasteiger partial charge is 0.276 e. The highest BCUT2D eigenvalue weighted by atomic mass is 16.5. The van der Waals surface area contributed by atoms with E-state index in [9.17, 15) is 9.59 Å². The Morgan fingerprint density at radius 3 is 2.45 bits per heavy atom. The Hall–Kier alpha value is -2.89. The number of aryl methyl sites for hydroxylation is 2. The van der Waals surface area contributed by atoms with Crippen LogP contribution in [0.5, 0.6) is 5.75 Å². The third kappa shape index (κ3) is 4.31. The van der Waals surface area contributed by atoms with Gasteiger partial charge in [0.25, 0.3) is 11.8 Å². The van der Waals surface area contributed by atoms with Crippen molar-refractivity contribution in [3.8, 4) is 5.75 Å². The Kier molecular flexibility index (Phi) is 5.08. The fourth-order valence-corrected chi connectivity index (χ4v) is 1.69. The summed E-state index contributed by atoms with van der Waals surface area (Å²) in [4.78, 5) is 27.2. The van der Waals surface area contributed by atoms with Crippen molar-refractivity contribution in [1.29, 1.82) is 0 Å². The third-order valence-electron chi connectivity index (χ3n) is 3.11. The highest BCUT2D eigenvalue weighted by molar-refractivity contribution is 5.95. The van der Waals surface area contributed by atoms with Gasteiger partial charge in [-0.05, 0) is 49.2 Å². The number of carbonyl (C=O) groups excluding carboxylic acids is 2. The van der Waals surface area contributed by atoms with Gasteiger partial charge in [0.2, 0.25) is 0 Å². The number of amides is 2. The number of benzene rings is 1. The van der Waals surface area contributed by atoms with Crippen LogP contribution < -0.4 is 15.6 Å². The maximum absolute atomic E-state index is 11.7. The molecule has 1 heterocycles. The molecule has 2 amide bonds. The molecule has 0 saturated carbocycles. The van der Waals surface area contributed by atoms with E-state index in [2.05, 4.69) is 15.8 Å². The van der Waals surface area contributed by atoms with Crippen LogP contribution in [0.2, 0.25) is 0 Å². The van der Waals surface area contributed by atoms with Gasteiger partial charge < -0.3 is 4.74 Å². The highest BCUT2D eigenvalue weighted by Crippen LogP contribution is 2.16. The number of rotatable bonds is 4. The van der Waals surface area contributed by atoms with E-state index >= 15 is 0 Å². The van der Waals surface area contributed by atoms with Crippen molar-refractivity contribution in [2.45, 2.75) is 13.8 Å². The molecule has 1 aromatic heterocycles. The molecule has 0 atom stereocenters. The predicted octanol–water partition coefficient (Wildman–Crippen LogP) is 1.54. The average Bonchev–Trinajstić information content (AvgIpc) is 2.54. The second-order valence-electron chi connectivity index (χ2n) is 4.77. The number of nitrogens with one attached hydrogen (secondary N) is 2. The monoisotopic (exact) mass is 299 g/mol. The van der Waals surface area contributed by atoms with Crippen LogP contribution in [0, 0.1) is 13.8 Å². The van der Waals surface area contributed by atoms with Crippen molar-refractivity contribution in [3.05, 3.63) is 59.4 Å². The summed E-state index contributed by atoms with van der Waals surface area (Å²) in [7, 11) is 0. The standard InChI is InChI=1S/C16H17N3O3/c1-11-3-4-14(9-12(11)2)22-10-15(20)18-19-16(21)13-5-7-17-8-6-13/h3-9H,10H2,1-2H3,(H,18,20)(H,19,21). The molecule has 0 spiro atoms. The van der Waals surface area contributed by atoms with Crippen molar-refractivity contribution < 1.29 is 14.3 Å². The first-order valence-electron chi connectivity index (χ1n) is 6.75. The second kappa shape index (κ2) is 7.21. The van der Waals surface area contributed by atoms with Gasteiger partial charge in [0.05, 0.1) is 0 Å². The number of nitrogens with zero attached hydrogens (tertiary/aromatic N) is 1. The molecule has 0 aliphatic rings. The molecule has 2 rings (SSSR count). The number of pyridine rings is 1. The zero-order chi connectivity index (χ0) is 15.9. The Morgan fingerprint density at radius 2 is 1.77 bits per heavy atom. The van der Waals surface area contributed by atoms with Crippen molar-refractivity contribution >= 4 is 11.8 Å². The zero-order valence-corrected chi connectivity index (χ0v) is 12.4. The SMILES string of the molecule is Cc1ccc(OCC(=O)NNC(=O)c2ccncc2)cc1C. The van der Waals surface area contributed by atoms with E-state index in [-0.39, 0.29) is 6.61 Å². The van der Waals surface area contributed by atoms with Crippen LogP contribution in [0.1, 0.15) is 21.5 Å². The van der Waals surface area contributed by atoms with Crippen molar-refractivity contribution in [3.63, 3.8) is 0 Å². The van der Waals surface area contributed by atoms with E-state index in [1.54, 1.807) is 18.2 Å². The Bertz CT molecular complexity index is 672. The quantitative estimate of drug-likeness (QED) is 0.839. The lowest BCUT2D eigenvalue weighted by Crippen LogP contribution is -2.43. The first-order valence-corrected chi connectivity index (χ1v) is 6.75. The van der Waals surface area contributed by atoms with Gasteiger partial charge in [0, 0.05) is 18.0 Å². The van der Waals surface area contributed by atoms with Crippen LogP contribution in [-0.4, -0.2) is 23.4 Å². The average molecular weight is 299 g/mol. The summed E-state index contributed by atoms with van der Waals surface area (Å²) < 4.78 is 5.37. The third-order valence-corrected chi connectivity index (χ3v) is 3.11. The first kappa shape index (κ1) is 15.5. The molecule has 0 fully saturated rings. The maximum Gasteiger partial charge on any atom is 0.276 e. The minimum Gasteiger partial charge on any atom is -0.484 e. The van der Waals surface area contributed by atoms with E-state index in [0.29, 0.717) is 11.3 Å². The zero-order valence-electron chi connectivity index (χ0n) is 12.4. The molecule has 0 unspecified atom stereocenters. The van der Waals surface area contributed by atoms with Crippen molar-refractivity contribution in [2.24, 2.45) is 0 Å². The summed E-state index contributed by atoms with van der Waals surface area (Å²) in [5.74, 6) is -0.249. The van der Waals surface area contributed by atoms with Crippen LogP contribution in [-0.2, 0) is 4.79 Å². The Morgan fingerprint density at radius 1 is 1.05 bits per heavy atom. The lowest BCUT2D eigenvalue weighted by Gasteiger charge is -2.09. The Labute approximate surface area is 128 Å². The van der Waals surface area contributed by atoms with Crippen molar-refractivity contribution in [2.75, 3.05) is 6.61 Å². The minimum atomic E-state index is -0.444. The molecule has 1 aromatic carbocycles. The summed E-state index contributed by atoms with van der Waals surface area (Å²) in [5, 5.41) is 0. The van der Waals surface area contributed by atoms with Crippen molar-refractivity contribution in [1.82, 2.24) is 15.8 Å². The van der Waals surface area contributed by atoms with E-state index in [4.69, 9.17) is 4.74 Å². The maximum atomic E-state index is 11.7. The summed E-state index contributed by atoms with van der Waals surface area (Å²) in [6.07, 6.45) is 3.00. The van der Waals surface area contributed by atoms with Gasteiger partial charge in [-0.2, -0.15) is 0 Å². The van der Waals surface area contributed by atoms with Crippen LogP contribution in [0.4, 0.5) is 0 Å². The number of hydrazine groups is 1. The fraction of sp³-hybridized carbons (Fsp3) is 0.188. The number of aromatic nitrogens is 1. The number of ether oxygens (including phenoxy) is 1. The molecule has 114 valence electrons. The molecule has 2 N–H and O–H groups in total. The second-order valence-corrected chi connectivity index (χ2v) is 4.77. The highest BCUT2D eigenvalue weighted by Gasteiger charge is 2.07. The van der Waals surface area contributed by atoms with Gasteiger partial charge >= 0.3 is 0 Å². The molecular weight excluding hydrogens is 282 g/mol. The molecule has 0 aliphatic heterocycles. The van der Waals surface area contributed by atoms with Gasteiger partial charge in [-0.1, -0.05) is 6.07 Å². The lowest BCUT2D eigenvalue weighted by atomic mass is 10.1. The molecule has 6 nitrogen and oxygen atoms in total. The van der Waals surface area contributed by atoms with E-state index in [1.807, 2.05) is 26.0 Å². The molecule has 0 aliphatic carbocycles. The fourth-order valence-electron chi connectivity index (χ4n) is 1.69. The van der Waals surface area contributed by atoms with E-state index in [0.717, 1.165) is 11.1 Å². The molecule has 22 heavy (non-hydrogen) atoms. The number of carbonyl (C=O) groups is 2. The Balaban J connectivity index is 1.78. The molecule has 2 aromatic rings. The van der Waals surface area contributed by atoms with E-state index in [1.165, 1.54) is 12.4 Å².